The Morgan fingerprint density at radius 3 is 2.46 bits per heavy atom. The lowest BCUT2D eigenvalue weighted by atomic mass is 10.1. The van der Waals surface area contributed by atoms with Gasteiger partial charge in [-0.1, -0.05) is 5.92 Å². The van der Waals surface area contributed by atoms with Gasteiger partial charge in [-0.25, -0.2) is 4.68 Å². The van der Waals surface area contributed by atoms with E-state index in [9.17, 15) is 4.79 Å². The van der Waals surface area contributed by atoms with E-state index < -0.39 is 5.91 Å². The summed E-state index contributed by atoms with van der Waals surface area (Å²) in [5.74, 6) is 6.45. The van der Waals surface area contributed by atoms with Crippen molar-refractivity contribution in [2.45, 2.75) is 12.5 Å². The van der Waals surface area contributed by atoms with Crippen molar-refractivity contribution in [1.29, 1.82) is 5.26 Å². The van der Waals surface area contributed by atoms with Crippen molar-refractivity contribution in [1.82, 2.24) is 14.7 Å². The molecule has 28 heavy (non-hydrogen) atoms. The molecule has 3 rings (SSSR count). The molecule has 4 N–H and O–H groups in total. The van der Waals surface area contributed by atoms with Gasteiger partial charge < -0.3 is 25.8 Å². The number of carbonyl (C=O) groups excluding carboxylic acids is 1. The number of nitrogen functional groups attached to an aromatic ring is 1. The van der Waals surface area contributed by atoms with Crippen molar-refractivity contribution in [2.24, 2.45) is 5.73 Å². The number of nitrogens with two attached hydrogens (primary N) is 2. The molecule has 0 saturated carbocycles. The number of aromatic nitrogens is 2. The molecule has 0 spiro atoms. The second-order valence-electron chi connectivity index (χ2n) is 6.26. The number of amides is 1. The molecule has 1 saturated heterocycles. The number of nitrogens with zero attached hydrogens (tertiary/aromatic N) is 4. The van der Waals surface area contributed by atoms with Crippen molar-refractivity contribution in [3.8, 4) is 29.5 Å². The third-order valence-electron chi connectivity index (χ3n) is 4.52. The van der Waals surface area contributed by atoms with Gasteiger partial charge in [0, 0.05) is 18.2 Å². The van der Waals surface area contributed by atoms with Crippen molar-refractivity contribution in [2.75, 3.05) is 33.0 Å². The normalized spacial score (nSPS) is 15.5. The summed E-state index contributed by atoms with van der Waals surface area (Å²) >= 11 is 0. The monoisotopic (exact) mass is 380 g/mol. The third kappa shape index (κ3) is 3.64. The first kappa shape index (κ1) is 18.9. The number of ether oxygens (including phenoxy) is 2. The van der Waals surface area contributed by atoms with Gasteiger partial charge in [0.25, 0.3) is 5.91 Å². The number of benzene rings is 1. The number of likely N-dealkylation sites (tertiary alicyclic amines) is 1. The maximum absolute atomic E-state index is 11.9. The fourth-order valence-corrected chi connectivity index (χ4v) is 3.10. The van der Waals surface area contributed by atoms with Crippen molar-refractivity contribution in [3.63, 3.8) is 0 Å². The maximum Gasteiger partial charge on any atom is 0.255 e. The predicted octanol–water partition coefficient (Wildman–Crippen LogP) is 0.709. The lowest BCUT2D eigenvalue weighted by Gasteiger charge is -2.11. The average Bonchev–Trinajstić information content (AvgIpc) is 3.29. The summed E-state index contributed by atoms with van der Waals surface area (Å²) in [4.78, 5) is 13.5. The molecule has 1 amide bonds. The van der Waals surface area contributed by atoms with Crippen LogP contribution in [-0.4, -0.2) is 47.9 Å². The molecule has 1 aliphatic heterocycles. The minimum Gasteiger partial charge on any atom is -0.497 e. The molecule has 0 radical (unpaired) electrons. The Kier molecular flexibility index (Phi) is 5.28. The van der Waals surface area contributed by atoms with Gasteiger partial charge >= 0.3 is 0 Å². The minimum absolute atomic E-state index is 0.0813. The summed E-state index contributed by atoms with van der Waals surface area (Å²) in [5, 5.41) is 13.4. The smallest absolute Gasteiger partial charge is 0.255 e. The number of primary amides is 1. The van der Waals surface area contributed by atoms with Gasteiger partial charge in [-0.05, 0) is 24.5 Å². The highest BCUT2D eigenvalue weighted by Crippen LogP contribution is 2.27. The highest BCUT2D eigenvalue weighted by Gasteiger charge is 2.29. The van der Waals surface area contributed by atoms with Crippen LogP contribution in [0.5, 0.6) is 11.5 Å². The Morgan fingerprint density at radius 2 is 1.93 bits per heavy atom. The Bertz CT molecular complexity index is 989. The Balaban J connectivity index is 2.00. The van der Waals surface area contributed by atoms with Gasteiger partial charge in [0.2, 0.25) is 0 Å². The first-order valence-electron chi connectivity index (χ1n) is 8.54. The topological polar surface area (TPSA) is 132 Å². The van der Waals surface area contributed by atoms with Crippen LogP contribution in [-0.2, 0) is 0 Å². The molecule has 144 valence electrons. The Hall–Kier alpha value is -3.85. The molecule has 1 fully saturated rings. The molecule has 1 unspecified atom stereocenters. The van der Waals surface area contributed by atoms with E-state index in [0.29, 0.717) is 36.6 Å². The number of carbonyl (C=O) groups is 1. The highest BCUT2D eigenvalue weighted by molar-refractivity contribution is 5.99. The van der Waals surface area contributed by atoms with Crippen molar-refractivity contribution < 1.29 is 14.3 Å². The molecular formula is C19H20N6O3. The molecule has 2 aromatic rings. The summed E-state index contributed by atoms with van der Waals surface area (Å²) in [7, 11) is 3.09. The standard InChI is InChI=1S/C19H20N6O3/c1-27-14-7-12(8-15(9-14)28-2)3-4-16-17(19(22)26)18(21)25(23-16)13-5-6-24(10-13)11-20/h7-9,13H,5-6,10,21H2,1-2H3,(H2,22,26). The zero-order valence-electron chi connectivity index (χ0n) is 15.6. The van der Waals surface area contributed by atoms with E-state index in [1.54, 1.807) is 37.3 Å². The van der Waals surface area contributed by atoms with Gasteiger partial charge in [-0.15, -0.1) is 0 Å². The number of nitriles is 1. The largest absolute Gasteiger partial charge is 0.497 e. The number of methoxy groups -OCH3 is 2. The van der Waals surface area contributed by atoms with E-state index >= 15 is 0 Å². The summed E-state index contributed by atoms with van der Waals surface area (Å²) in [6.07, 6.45) is 2.80. The van der Waals surface area contributed by atoms with Crippen LogP contribution in [0.3, 0.4) is 0 Å². The fourth-order valence-electron chi connectivity index (χ4n) is 3.10. The molecule has 0 aliphatic carbocycles. The Morgan fingerprint density at radius 1 is 1.25 bits per heavy atom. The van der Waals surface area contributed by atoms with Crippen LogP contribution >= 0.6 is 0 Å². The molecule has 1 aliphatic rings. The highest BCUT2D eigenvalue weighted by atomic mass is 16.5. The molecule has 9 nitrogen and oxygen atoms in total. The van der Waals surface area contributed by atoms with Gasteiger partial charge in [0.15, 0.2) is 11.9 Å². The number of anilines is 1. The second-order valence-corrected chi connectivity index (χ2v) is 6.26. The van der Waals surface area contributed by atoms with Gasteiger partial charge in [0.05, 0.1) is 26.8 Å². The van der Waals surface area contributed by atoms with E-state index in [0.717, 1.165) is 0 Å². The number of rotatable bonds is 4. The van der Waals surface area contributed by atoms with E-state index in [2.05, 4.69) is 23.1 Å². The second kappa shape index (κ2) is 7.80. The summed E-state index contributed by atoms with van der Waals surface area (Å²) in [6.45, 7) is 1.08. The van der Waals surface area contributed by atoms with Crippen molar-refractivity contribution >= 4 is 11.7 Å². The molecular weight excluding hydrogens is 360 g/mol. The average molecular weight is 380 g/mol. The lowest BCUT2D eigenvalue weighted by Crippen LogP contribution is -2.19. The number of hydrogen-bond donors (Lipinski definition) is 2. The van der Waals surface area contributed by atoms with Crippen LogP contribution < -0.4 is 20.9 Å². The zero-order chi connectivity index (χ0) is 20.3. The molecule has 1 aromatic carbocycles. The van der Waals surface area contributed by atoms with Crippen LogP contribution in [0.15, 0.2) is 18.2 Å². The lowest BCUT2D eigenvalue weighted by molar-refractivity contribution is 0.100. The summed E-state index contributed by atoms with van der Waals surface area (Å²) < 4.78 is 12.0. The SMILES string of the molecule is COc1cc(C#Cc2nn(C3CCN(C#N)C3)c(N)c2C(N)=O)cc(OC)c1. The van der Waals surface area contributed by atoms with Crippen LogP contribution in [0, 0.1) is 23.3 Å². The van der Waals surface area contributed by atoms with Crippen LogP contribution in [0.4, 0.5) is 5.82 Å². The van der Waals surface area contributed by atoms with Crippen molar-refractivity contribution in [3.05, 3.63) is 35.0 Å². The molecule has 2 heterocycles. The number of hydrogen-bond acceptors (Lipinski definition) is 7. The summed E-state index contributed by atoms with van der Waals surface area (Å²) in [5.41, 5.74) is 12.5. The van der Waals surface area contributed by atoms with Gasteiger partial charge in [-0.2, -0.15) is 10.4 Å². The van der Waals surface area contributed by atoms with E-state index in [4.69, 9.17) is 26.2 Å². The third-order valence-corrected chi connectivity index (χ3v) is 4.52. The molecule has 0 bridgehead atoms. The predicted molar refractivity (Wildman–Crippen MR) is 102 cm³/mol. The first-order chi connectivity index (χ1) is 13.5. The maximum atomic E-state index is 11.9. The summed E-state index contributed by atoms with van der Waals surface area (Å²) in [6, 6.07) is 5.09. The zero-order valence-corrected chi connectivity index (χ0v) is 15.6. The first-order valence-corrected chi connectivity index (χ1v) is 8.54. The molecule has 9 heteroatoms. The van der Waals surface area contributed by atoms with E-state index in [1.807, 2.05) is 0 Å². The molecule has 1 aromatic heterocycles. The fraction of sp³-hybridized carbons (Fsp3) is 0.316. The van der Waals surface area contributed by atoms with Crippen LogP contribution in [0.2, 0.25) is 0 Å². The van der Waals surface area contributed by atoms with Gasteiger partial charge in [-0.3, -0.25) is 4.79 Å². The van der Waals surface area contributed by atoms with Crippen LogP contribution in [0.1, 0.15) is 34.1 Å². The molecule has 1 atom stereocenters. The Labute approximate surface area is 162 Å². The van der Waals surface area contributed by atoms with Gasteiger partial charge in [0.1, 0.15) is 22.9 Å². The quantitative estimate of drug-likeness (QED) is 0.589. The van der Waals surface area contributed by atoms with Crippen LogP contribution in [0.25, 0.3) is 0 Å². The minimum atomic E-state index is -0.702. The van der Waals surface area contributed by atoms with E-state index in [-0.39, 0.29) is 23.1 Å². The van der Waals surface area contributed by atoms with E-state index in [1.165, 1.54) is 4.68 Å².